The Labute approximate surface area is 211 Å². The topological polar surface area (TPSA) is 109 Å². The number of aliphatic hydroxyl groups is 1. The van der Waals surface area contributed by atoms with Gasteiger partial charge >= 0.3 is 0 Å². The van der Waals surface area contributed by atoms with Crippen LogP contribution in [0.15, 0.2) is 46.4 Å². The van der Waals surface area contributed by atoms with Gasteiger partial charge in [0.05, 0.1) is 43.5 Å². The van der Waals surface area contributed by atoms with E-state index in [-0.39, 0.29) is 29.4 Å². The second-order valence-corrected chi connectivity index (χ2v) is 9.09. The predicted molar refractivity (Wildman–Crippen MR) is 132 cm³/mol. The van der Waals surface area contributed by atoms with E-state index in [4.69, 9.17) is 14.2 Å². The summed E-state index contributed by atoms with van der Waals surface area (Å²) < 4.78 is 16.3. The number of likely N-dealkylation sites (tertiary alicyclic amines) is 1. The Kier molecular flexibility index (Phi) is 7.63. The second kappa shape index (κ2) is 10.7. The van der Waals surface area contributed by atoms with Gasteiger partial charge in [-0.15, -0.1) is 0 Å². The highest BCUT2D eigenvalue weighted by atomic mass is 79.9. The minimum absolute atomic E-state index is 0.0372. The van der Waals surface area contributed by atoms with E-state index in [2.05, 4.69) is 20.8 Å². The first-order valence-corrected chi connectivity index (χ1v) is 11.9. The van der Waals surface area contributed by atoms with Crippen LogP contribution in [0.1, 0.15) is 17.2 Å². The molecule has 0 aliphatic carbocycles. The number of carbonyl (C=O) groups is 2. The van der Waals surface area contributed by atoms with Crippen molar-refractivity contribution in [3.8, 4) is 17.2 Å². The third kappa shape index (κ3) is 5.00. The largest absolute Gasteiger partial charge is 0.507 e. The normalized spacial score (nSPS) is 20.3. The van der Waals surface area contributed by atoms with E-state index in [9.17, 15) is 19.8 Å². The van der Waals surface area contributed by atoms with Gasteiger partial charge in [-0.3, -0.25) is 14.5 Å². The Bertz CT molecular complexity index is 1160. The summed E-state index contributed by atoms with van der Waals surface area (Å²) in [5.74, 6) is -1.20. The molecule has 2 aromatic rings. The van der Waals surface area contributed by atoms with E-state index in [1.165, 1.54) is 19.1 Å². The SMILES string of the molecule is COc1cccc(C(O)=C2C(=O)C(=O)N(CCN3CCOCC3)C2c2cc(Br)c(O)c(OC)c2)c1. The molecule has 0 bridgehead atoms. The van der Waals surface area contributed by atoms with Crippen molar-refractivity contribution in [1.82, 2.24) is 9.80 Å². The van der Waals surface area contributed by atoms with Crippen molar-refractivity contribution >= 4 is 33.4 Å². The zero-order valence-corrected chi connectivity index (χ0v) is 21.1. The molecule has 35 heavy (non-hydrogen) atoms. The molecule has 2 fully saturated rings. The van der Waals surface area contributed by atoms with Gasteiger partial charge in [0.1, 0.15) is 11.5 Å². The van der Waals surface area contributed by atoms with Crippen molar-refractivity contribution in [1.29, 1.82) is 0 Å². The molecule has 2 N–H and O–H groups in total. The summed E-state index contributed by atoms with van der Waals surface area (Å²) in [6.45, 7) is 3.50. The lowest BCUT2D eigenvalue weighted by Gasteiger charge is -2.31. The van der Waals surface area contributed by atoms with Crippen molar-refractivity contribution in [2.24, 2.45) is 0 Å². The summed E-state index contributed by atoms with van der Waals surface area (Å²) in [5.41, 5.74) is 0.826. The quantitative estimate of drug-likeness (QED) is 0.310. The molecule has 1 atom stereocenters. The molecule has 0 spiro atoms. The van der Waals surface area contributed by atoms with Crippen LogP contribution in [0.2, 0.25) is 0 Å². The van der Waals surface area contributed by atoms with Crippen LogP contribution in [0.3, 0.4) is 0 Å². The van der Waals surface area contributed by atoms with Gasteiger partial charge < -0.3 is 29.3 Å². The van der Waals surface area contributed by atoms with Crippen LogP contribution >= 0.6 is 15.9 Å². The molecule has 1 unspecified atom stereocenters. The number of methoxy groups -OCH3 is 2. The number of amides is 1. The van der Waals surface area contributed by atoms with Gasteiger partial charge in [-0.05, 0) is 45.8 Å². The Morgan fingerprint density at radius 1 is 1.11 bits per heavy atom. The minimum Gasteiger partial charge on any atom is -0.507 e. The van der Waals surface area contributed by atoms with E-state index in [1.54, 1.807) is 36.4 Å². The number of nitrogens with zero attached hydrogens (tertiary/aromatic N) is 2. The molecule has 2 heterocycles. The van der Waals surface area contributed by atoms with Crippen LogP contribution in [0.25, 0.3) is 5.76 Å². The molecular weight excluding hydrogens is 520 g/mol. The highest BCUT2D eigenvalue weighted by Crippen LogP contribution is 2.44. The minimum atomic E-state index is -0.881. The van der Waals surface area contributed by atoms with Crippen molar-refractivity contribution in [3.63, 3.8) is 0 Å². The standard InChI is InChI=1S/C25H27BrN2O7/c1-33-17-5-3-4-15(12-17)22(29)20-21(16-13-18(26)23(30)19(14-16)34-2)28(25(32)24(20)31)7-6-27-8-10-35-11-9-27/h3-5,12-14,21,29-30H,6-11H2,1-2H3. The number of carbonyl (C=O) groups excluding carboxylic acids is 2. The zero-order chi connectivity index (χ0) is 25.1. The zero-order valence-electron chi connectivity index (χ0n) is 19.5. The molecule has 0 saturated carbocycles. The van der Waals surface area contributed by atoms with E-state index in [0.29, 0.717) is 41.1 Å². The van der Waals surface area contributed by atoms with Gasteiger partial charge in [0.2, 0.25) is 0 Å². The van der Waals surface area contributed by atoms with Crippen molar-refractivity contribution < 1.29 is 34.0 Å². The Morgan fingerprint density at radius 3 is 2.54 bits per heavy atom. The van der Waals surface area contributed by atoms with Crippen molar-refractivity contribution in [3.05, 3.63) is 57.6 Å². The molecule has 9 nitrogen and oxygen atoms in total. The molecule has 2 saturated heterocycles. The van der Waals surface area contributed by atoms with E-state index < -0.39 is 17.7 Å². The molecule has 0 radical (unpaired) electrons. The summed E-state index contributed by atoms with van der Waals surface area (Å²) in [6, 6.07) is 8.96. The van der Waals surface area contributed by atoms with E-state index in [0.717, 1.165) is 13.1 Å². The Morgan fingerprint density at radius 2 is 1.86 bits per heavy atom. The molecule has 0 aromatic heterocycles. The van der Waals surface area contributed by atoms with Crippen LogP contribution in [0.5, 0.6) is 17.2 Å². The summed E-state index contributed by atoms with van der Waals surface area (Å²) in [7, 11) is 2.92. The van der Waals surface area contributed by atoms with Gasteiger partial charge in [0.25, 0.3) is 11.7 Å². The third-order valence-corrected chi connectivity index (χ3v) is 6.83. The molecule has 2 aromatic carbocycles. The van der Waals surface area contributed by atoms with Crippen LogP contribution in [-0.2, 0) is 14.3 Å². The monoisotopic (exact) mass is 546 g/mol. The fraction of sp³-hybridized carbons (Fsp3) is 0.360. The lowest BCUT2D eigenvalue weighted by molar-refractivity contribution is -0.140. The van der Waals surface area contributed by atoms with Crippen molar-refractivity contribution in [2.45, 2.75) is 6.04 Å². The van der Waals surface area contributed by atoms with Gasteiger partial charge in [-0.2, -0.15) is 0 Å². The number of halogens is 1. The van der Waals surface area contributed by atoms with E-state index >= 15 is 0 Å². The highest BCUT2D eigenvalue weighted by Gasteiger charge is 2.46. The second-order valence-electron chi connectivity index (χ2n) is 8.23. The number of ether oxygens (including phenoxy) is 3. The fourth-order valence-corrected chi connectivity index (χ4v) is 4.82. The molecule has 186 valence electrons. The number of hydrogen-bond donors (Lipinski definition) is 2. The highest BCUT2D eigenvalue weighted by molar-refractivity contribution is 9.10. The number of rotatable bonds is 7. The summed E-state index contributed by atoms with van der Waals surface area (Å²) >= 11 is 3.32. The number of morpholine rings is 1. The summed E-state index contributed by atoms with van der Waals surface area (Å²) in [6.07, 6.45) is 0. The molecule has 2 aliphatic heterocycles. The first-order valence-electron chi connectivity index (χ1n) is 11.1. The predicted octanol–water partition coefficient (Wildman–Crippen LogP) is 2.93. The Balaban J connectivity index is 1.81. The maximum Gasteiger partial charge on any atom is 0.295 e. The average Bonchev–Trinajstić information content (AvgIpc) is 3.14. The van der Waals surface area contributed by atoms with Gasteiger partial charge in [0, 0.05) is 31.7 Å². The Hall–Kier alpha value is -3.08. The van der Waals surface area contributed by atoms with Crippen LogP contribution < -0.4 is 9.47 Å². The number of aliphatic hydroxyl groups excluding tert-OH is 1. The number of phenols is 1. The molecule has 4 rings (SSSR count). The number of aromatic hydroxyl groups is 1. The third-order valence-electron chi connectivity index (χ3n) is 6.23. The van der Waals surface area contributed by atoms with Crippen LogP contribution in [0, 0.1) is 0 Å². The summed E-state index contributed by atoms with van der Waals surface area (Å²) in [5, 5.41) is 21.6. The lowest BCUT2D eigenvalue weighted by atomic mass is 9.95. The first-order chi connectivity index (χ1) is 16.8. The van der Waals surface area contributed by atoms with Gasteiger partial charge in [0.15, 0.2) is 11.5 Å². The molecule has 10 heteroatoms. The number of hydrogen-bond acceptors (Lipinski definition) is 8. The maximum atomic E-state index is 13.3. The fourth-order valence-electron chi connectivity index (χ4n) is 4.36. The van der Waals surface area contributed by atoms with Crippen LogP contribution in [-0.4, -0.2) is 85.3 Å². The number of ketones is 1. The molecule has 2 aliphatic rings. The van der Waals surface area contributed by atoms with Crippen molar-refractivity contribution in [2.75, 3.05) is 53.6 Å². The lowest BCUT2D eigenvalue weighted by Crippen LogP contribution is -2.42. The van der Waals surface area contributed by atoms with E-state index in [1.807, 2.05) is 0 Å². The number of Topliss-reactive ketones (excluding diaryl/α,β-unsaturated/α-hetero) is 1. The maximum absolute atomic E-state index is 13.3. The number of benzene rings is 2. The number of phenolic OH excluding ortho intramolecular Hbond substituents is 1. The average molecular weight is 547 g/mol. The van der Waals surface area contributed by atoms with Gasteiger partial charge in [-0.25, -0.2) is 0 Å². The smallest absolute Gasteiger partial charge is 0.295 e. The van der Waals surface area contributed by atoms with Gasteiger partial charge in [-0.1, -0.05) is 12.1 Å². The molecule has 1 amide bonds. The summed E-state index contributed by atoms with van der Waals surface area (Å²) in [4.78, 5) is 30.1. The molecular formula is C25H27BrN2O7. The van der Waals surface area contributed by atoms with Crippen LogP contribution in [0.4, 0.5) is 0 Å². The first kappa shape index (κ1) is 25.0.